The number of ether oxygens (including phenoxy) is 3. The highest BCUT2D eigenvalue weighted by Crippen LogP contribution is 2.21. The van der Waals surface area contributed by atoms with E-state index in [1.54, 1.807) is 17.9 Å². The van der Waals surface area contributed by atoms with Gasteiger partial charge in [-0.1, -0.05) is 36.4 Å². The number of pyridine rings is 1. The monoisotopic (exact) mass is 485 g/mol. The lowest BCUT2D eigenvalue weighted by Gasteiger charge is -2.20. The molecule has 1 unspecified atom stereocenters. The highest BCUT2D eigenvalue weighted by Gasteiger charge is 2.24. The van der Waals surface area contributed by atoms with Gasteiger partial charge < -0.3 is 18.8 Å². The summed E-state index contributed by atoms with van der Waals surface area (Å²) in [6.45, 7) is 2.20. The Morgan fingerprint density at radius 2 is 1.74 bits per heavy atom. The van der Waals surface area contributed by atoms with Gasteiger partial charge in [0.15, 0.2) is 11.4 Å². The Labute approximate surface area is 203 Å². The van der Waals surface area contributed by atoms with E-state index < -0.39 is 23.0 Å². The van der Waals surface area contributed by atoms with Crippen molar-refractivity contribution in [3.63, 3.8) is 0 Å². The Balaban J connectivity index is 1.95. The van der Waals surface area contributed by atoms with Gasteiger partial charge in [0.2, 0.25) is 5.43 Å². The molecule has 35 heavy (non-hydrogen) atoms. The number of esters is 1. The molecule has 0 aliphatic carbocycles. The number of nitrogens with zero attached hydrogens (tertiary/aromatic N) is 1. The van der Waals surface area contributed by atoms with Gasteiger partial charge in [0, 0.05) is 31.5 Å². The summed E-state index contributed by atoms with van der Waals surface area (Å²) in [4.78, 5) is 26.1. The lowest BCUT2D eigenvalue weighted by Crippen LogP contribution is -2.27. The fourth-order valence-corrected chi connectivity index (χ4v) is 3.73. The fraction of sp³-hybridized carbons (Fsp3) is 0.333. The van der Waals surface area contributed by atoms with Crippen LogP contribution in [0.5, 0.6) is 5.75 Å². The predicted octanol–water partition coefficient (Wildman–Crippen LogP) is 4.70. The molecule has 8 heteroatoms. The predicted molar refractivity (Wildman–Crippen MR) is 128 cm³/mol. The number of aromatic nitrogens is 1. The molecule has 0 saturated heterocycles. The number of methoxy groups -OCH3 is 2. The minimum Gasteiger partial charge on any atom is -0.482 e. The summed E-state index contributed by atoms with van der Waals surface area (Å²) in [5.74, 6) is -2.06. The zero-order valence-corrected chi connectivity index (χ0v) is 20.1. The van der Waals surface area contributed by atoms with Crippen LogP contribution in [-0.4, -0.2) is 30.9 Å². The van der Waals surface area contributed by atoms with E-state index in [-0.39, 0.29) is 30.7 Å². The van der Waals surface area contributed by atoms with Gasteiger partial charge in [-0.3, -0.25) is 4.79 Å². The molecule has 3 rings (SSSR count). The van der Waals surface area contributed by atoms with E-state index in [4.69, 9.17) is 14.2 Å². The van der Waals surface area contributed by atoms with Crippen LogP contribution < -0.4 is 10.2 Å². The molecule has 0 aliphatic heterocycles. The summed E-state index contributed by atoms with van der Waals surface area (Å²) >= 11 is 0. The van der Waals surface area contributed by atoms with Crippen LogP contribution in [0.2, 0.25) is 0 Å². The molecule has 0 spiro atoms. The van der Waals surface area contributed by atoms with Crippen LogP contribution in [0.3, 0.4) is 0 Å². The zero-order chi connectivity index (χ0) is 25.4. The first kappa shape index (κ1) is 26.1. The molecule has 0 saturated carbocycles. The first-order valence-electron chi connectivity index (χ1n) is 11.3. The molecular formula is C27H29F2NO5. The Bertz CT molecular complexity index is 1210. The van der Waals surface area contributed by atoms with Crippen molar-refractivity contribution >= 4 is 5.97 Å². The smallest absolute Gasteiger partial charge is 0.358 e. The molecule has 0 fully saturated rings. The number of hydrogen-bond donors (Lipinski definition) is 0. The van der Waals surface area contributed by atoms with Crippen molar-refractivity contribution in [1.29, 1.82) is 0 Å². The van der Waals surface area contributed by atoms with Gasteiger partial charge in [0.1, 0.15) is 18.2 Å². The molecular weight excluding hydrogens is 456 g/mol. The van der Waals surface area contributed by atoms with Crippen molar-refractivity contribution in [3.8, 4) is 5.75 Å². The minimum atomic E-state index is -0.701. The summed E-state index contributed by atoms with van der Waals surface area (Å²) in [6.07, 6.45) is 2.40. The van der Waals surface area contributed by atoms with Crippen molar-refractivity contribution in [2.75, 3.05) is 14.2 Å². The van der Waals surface area contributed by atoms with E-state index in [1.165, 1.54) is 19.2 Å². The Morgan fingerprint density at radius 1 is 1.03 bits per heavy atom. The molecule has 0 bridgehead atoms. The van der Waals surface area contributed by atoms with Crippen molar-refractivity contribution < 1.29 is 27.8 Å². The summed E-state index contributed by atoms with van der Waals surface area (Å²) in [5.41, 5.74) is 1.18. The standard InChI is InChI=1S/C27H29F2NO5/c1-18(33-2)15-30-16-21(11-7-10-20-12-13-22(28)14-23(20)29)25(31)26(24(30)27(32)34-3)35-17-19-8-5-4-6-9-19/h4-6,8-9,12-14,16,18H,7,10-11,15,17H2,1-3H3. The van der Waals surface area contributed by atoms with Gasteiger partial charge in [0.05, 0.1) is 13.2 Å². The van der Waals surface area contributed by atoms with Crippen molar-refractivity contribution in [2.45, 2.75) is 45.4 Å². The average Bonchev–Trinajstić information content (AvgIpc) is 2.86. The molecule has 1 aromatic heterocycles. The van der Waals surface area contributed by atoms with E-state index in [0.717, 1.165) is 11.6 Å². The molecule has 0 aliphatic rings. The molecule has 0 amide bonds. The summed E-state index contributed by atoms with van der Waals surface area (Å²) in [5, 5.41) is 0. The number of aryl methyl sites for hydroxylation is 2. The van der Waals surface area contributed by atoms with Crippen molar-refractivity contribution in [3.05, 3.63) is 99.0 Å². The summed E-state index contributed by atoms with van der Waals surface area (Å²) < 4.78 is 45.0. The highest BCUT2D eigenvalue weighted by molar-refractivity contribution is 5.90. The molecule has 6 nitrogen and oxygen atoms in total. The van der Waals surface area contributed by atoms with E-state index in [1.807, 2.05) is 37.3 Å². The lowest BCUT2D eigenvalue weighted by molar-refractivity contribution is 0.0568. The largest absolute Gasteiger partial charge is 0.482 e. The summed E-state index contributed by atoms with van der Waals surface area (Å²) in [6, 6.07) is 12.7. The highest BCUT2D eigenvalue weighted by atomic mass is 19.1. The second kappa shape index (κ2) is 12.3. The van der Waals surface area contributed by atoms with E-state index in [9.17, 15) is 18.4 Å². The maximum atomic E-state index is 14.0. The third kappa shape index (κ3) is 6.76. The van der Waals surface area contributed by atoms with Crippen LogP contribution in [0, 0.1) is 11.6 Å². The van der Waals surface area contributed by atoms with Crippen LogP contribution in [0.15, 0.2) is 59.5 Å². The zero-order valence-electron chi connectivity index (χ0n) is 20.1. The van der Waals surface area contributed by atoms with Gasteiger partial charge in [0.25, 0.3) is 0 Å². The maximum absolute atomic E-state index is 14.0. The first-order valence-corrected chi connectivity index (χ1v) is 11.3. The Hall–Kier alpha value is -3.52. The topological polar surface area (TPSA) is 66.8 Å². The summed E-state index contributed by atoms with van der Waals surface area (Å²) in [7, 11) is 2.79. The second-order valence-electron chi connectivity index (χ2n) is 8.22. The fourth-order valence-electron chi connectivity index (χ4n) is 3.73. The van der Waals surface area contributed by atoms with Crippen molar-refractivity contribution in [2.24, 2.45) is 0 Å². The first-order chi connectivity index (χ1) is 16.8. The lowest BCUT2D eigenvalue weighted by atomic mass is 10.0. The molecule has 3 aromatic rings. The van der Waals surface area contributed by atoms with Gasteiger partial charge in [-0.05, 0) is 43.4 Å². The third-order valence-corrected chi connectivity index (χ3v) is 5.68. The van der Waals surface area contributed by atoms with Gasteiger partial charge in [-0.2, -0.15) is 0 Å². The maximum Gasteiger partial charge on any atom is 0.358 e. The Morgan fingerprint density at radius 3 is 2.40 bits per heavy atom. The molecule has 0 N–H and O–H groups in total. The number of halogens is 2. The van der Waals surface area contributed by atoms with Gasteiger partial charge in [-0.15, -0.1) is 0 Å². The second-order valence-corrected chi connectivity index (χ2v) is 8.22. The Kier molecular flexibility index (Phi) is 9.14. The van der Waals surface area contributed by atoms with Crippen LogP contribution in [0.4, 0.5) is 8.78 Å². The van der Waals surface area contributed by atoms with Crippen LogP contribution in [0.25, 0.3) is 0 Å². The third-order valence-electron chi connectivity index (χ3n) is 5.68. The van der Waals surface area contributed by atoms with Gasteiger partial charge in [-0.25, -0.2) is 13.6 Å². The van der Waals surface area contributed by atoms with Crippen LogP contribution >= 0.6 is 0 Å². The quantitative estimate of drug-likeness (QED) is 0.368. The van der Waals surface area contributed by atoms with E-state index in [0.29, 0.717) is 30.4 Å². The average molecular weight is 486 g/mol. The molecule has 186 valence electrons. The molecule has 0 radical (unpaired) electrons. The number of carbonyl (C=O) groups is 1. The normalized spacial score (nSPS) is 11.8. The number of hydrogen-bond acceptors (Lipinski definition) is 5. The number of carbonyl (C=O) groups excluding carboxylic acids is 1. The molecule has 1 atom stereocenters. The van der Waals surface area contributed by atoms with E-state index >= 15 is 0 Å². The number of rotatable bonds is 11. The molecule has 2 aromatic carbocycles. The van der Waals surface area contributed by atoms with E-state index in [2.05, 4.69) is 0 Å². The molecule has 1 heterocycles. The van der Waals surface area contributed by atoms with Crippen LogP contribution in [-0.2, 0) is 35.5 Å². The van der Waals surface area contributed by atoms with Crippen molar-refractivity contribution in [1.82, 2.24) is 4.57 Å². The van der Waals surface area contributed by atoms with Gasteiger partial charge >= 0.3 is 5.97 Å². The van der Waals surface area contributed by atoms with Crippen LogP contribution in [0.1, 0.15) is 40.5 Å². The number of benzene rings is 2. The minimum absolute atomic E-state index is 0.00524. The SMILES string of the molecule is COC(=O)c1c(OCc2ccccc2)c(=O)c(CCCc2ccc(F)cc2F)cn1CC(C)OC.